The second-order valence-corrected chi connectivity index (χ2v) is 7.01. The van der Waals surface area contributed by atoms with Gasteiger partial charge >= 0.3 is 11.7 Å². The summed E-state index contributed by atoms with van der Waals surface area (Å²) in [5.74, 6) is -1.06. The van der Waals surface area contributed by atoms with Crippen molar-refractivity contribution in [2.75, 3.05) is 11.9 Å². The SMILES string of the molecule is O=C(COC(=O)Cn1c(=O)oc2cc([N+](=O)[O-])ccc21)Nc1ccc(Oc2ccccc2)cc1. The van der Waals surface area contributed by atoms with Crippen LogP contribution in [0.4, 0.5) is 11.4 Å². The van der Waals surface area contributed by atoms with E-state index in [4.69, 9.17) is 13.9 Å². The van der Waals surface area contributed by atoms with E-state index in [0.717, 1.165) is 10.6 Å². The third-order valence-corrected chi connectivity index (χ3v) is 4.63. The molecule has 11 nitrogen and oxygen atoms in total. The van der Waals surface area contributed by atoms with E-state index in [-0.39, 0.29) is 16.8 Å². The van der Waals surface area contributed by atoms with Crippen molar-refractivity contribution in [1.82, 2.24) is 4.57 Å². The van der Waals surface area contributed by atoms with Crippen LogP contribution < -0.4 is 15.8 Å². The summed E-state index contributed by atoms with van der Waals surface area (Å²) in [6, 6.07) is 19.4. The predicted octanol–water partition coefficient (Wildman–Crippen LogP) is 3.48. The van der Waals surface area contributed by atoms with Gasteiger partial charge in [0.05, 0.1) is 16.5 Å². The molecule has 172 valence electrons. The van der Waals surface area contributed by atoms with Crippen LogP contribution >= 0.6 is 0 Å². The standard InChI is InChI=1S/C23H17N3O8/c27-21(24-15-6-9-18(10-7-15)33-17-4-2-1-3-5-17)14-32-22(28)13-25-19-11-8-16(26(30)31)12-20(19)34-23(25)29/h1-12H,13-14H2,(H,24,27). The number of amides is 1. The van der Waals surface area contributed by atoms with Gasteiger partial charge in [0.25, 0.3) is 11.6 Å². The number of hydrogen-bond donors (Lipinski definition) is 1. The van der Waals surface area contributed by atoms with Crippen molar-refractivity contribution < 1.29 is 28.4 Å². The van der Waals surface area contributed by atoms with Crippen LogP contribution in [-0.2, 0) is 20.9 Å². The Kier molecular flexibility index (Phi) is 6.35. The molecule has 0 bridgehead atoms. The molecule has 0 saturated heterocycles. The van der Waals surface area contributed by atoms with Crippen molar-refractivity contribution in [2.24, 2.45) is 0 Å². The Morgan fingerprint density at radius 3 is 2.41 bits per heavy atom. The minimum atomic E-state index is -0.880. The molecule has 1 heterocycles. The lowest BCUT2D eigenvalue weighted by Crippen LogP contribution is -2.25. The number of oxazole rings is 1. The van der Waals surface area contributed by atoms with E-state index in [1.54, 1.807) is 24.3 Å². The monoisotopic (exact) mass is 463 g/mol. The van der Waals surface area contributed by atoms with E-state index in [0.29, 0.717) is 17.2 Å². The number of benzene rings is 3. The van der Waals surface area contributed by atoms with Crippen molar-refractivity contribution >= 4 is 34.4 Å². The number of carbonyl (C=O) groups excluding carboxylic acids is 2. The third kappa shape index (κ3) is 5.27. The smallest absolute Gasteiger partial charge is 0.420 e. The van der Waals surface area contributed by atoms with Crippen molar-refractivity contribution in [3.05, 3.63) is 93.5 Å². The predicted molar refractivity (Wildman–Crippen MR) is 120 cm³/mol. The molecule has 4 aromatic rings. The summed E-state index contributed by atoms with van der Waals surface area (Å²) in [7, 11) is 0. The maximum Gasteiger partial charge on any atom is 0.420 e. The summed E-state index contributed by atoms with van der Waals surface area (Å²) in [6.07, 6.45) is 0. The van der Waals surface area contributed by atoms with Gasteiger partial charge in [-0.3, -0.25) is 24.3 Å². The molecule has 0 aliphatic rings. The first kappa shape index (κ1) is 22.3. The van der Waals surface area contributed by atoms with E-state index < -0.39 is 35.7 Å². The second-order valence-electron chi connectivity index (χ2n) is 7.01. The number of hydrogen-bond acceptors (Lipinski definition) is 8. The minimum Gasteiger partial charge on any atom is -0.457 e. The van der Waals surface area contributed by atoms with Crippen molar-refractivity contribution in [2.45, 2.75) is 6.54 Å². The molecule has 34 heavy (non-hydrogen) atoms. The molecule has 11 heteroatoms. The number of carbonyl (C=O) groups is 2. The zero-order valence-corrected chi connectivity index (χ0v) is 17.5. The largest absolute Gasteiger partial charge is 0.457 e. The summed E-state index contributed by atoms with van der Waals surface area (Å²) < 4.78 is 16.5. The normalized spacial score (nSPS) is 10.6. The quantitative estimate of drug-likeness (QED) is 0.238. The number of ether oxygens (including phenoxy) is 2. The number of nitrogens with zero attached hydrogens (tertiary/aromatic N) is 2. The fourth-order valence-electron chi connectivity index (χ4n) is 3.07. The first-order valence-corrected chi connectivity index (χ1v) is 9.95. The molecular weight excluding hydrogens is 446 g/mol. The summed E-state index contributed by atoms with van der Waals surface area (Å²) >= 11 is 0. The van der Waals surface area contributed by atoms with Crippen LogP contribution in [0.15, 0.2) is 82.0 Å². The number of rotatable bonds is 8. The van der Waals surface area contributed by atoms with Crippen molar-refractivity contribution in [3.8, 4) is 11.5 Å². The molecular formula is C23H17N3O8. The maximum absolute atomic E-state index is 12.1. The number of aromatic nitrogens is 1. The number of para-hydroxylation sites is 1. The number of non-ortho nitro benzene ring substituents is 1. The van der Waals surface area contributed by atoms with Gasteiger partial charge in [0.1, 0.15) is 18.0 Å². The Bertz CT molecular complexity index is 1410. The molecule has 0 unspecified atom stereocenters. The molecule has 3 aromatic carbocycles. The molecule has 0 fully saturated rings. The molecule has 1 aromatic heterocycles. The summed E-state index contributed by atoms with van der Waals surface area (Å²) in [5, 5.41) is 13.4. The average molecular weight is 463 g/mol. The molecule has 0 aliphatic carbocycles. The minimum absolute atomic E-state index is 0.0376. The molecule has 4 rings (SSSR count). The number of anilines is 1. The molecule has 0 spiro atoms. The van der Waals surface area contributed by atoms with E-state index in [1.165, 1.54) is 12.1 Å². The van der Waals surface area contributed by atoms with Crippen molar-refractivity contribution in [1.29, 1.82) is 0 Å². The Hall–Kier alpha value is -4.93. The summed E-state index contributed by atoms with van der Waals surface area (Å²) in [4.78, 5) is 46.5. The average Bonchev–Trinajstić information content (AvgIpc) is 3.13. The number of nitrogens with one attached hydrogen (secondary N) is 1. The van der Waals surface area contributed by atoms with Gasteiger partial charge in [-0.2, -0.15) is 0 Å². The zero-order chi connectivity index (χ0) is 24.1. The molecule has 1 amide bonds. The zero-order valence-electron chi connectivity index (χ0n) is 17.5. The van der Waals surface area contributed by atoms with Crippen LogP contribution in [0, 0.1) is 10.1 Å². The lowest BCUT2D eigenvalue weighted by molar-refractivity contribution is -0.384. The van der Waals surface area contributed by atoms with Gasteiger partial charge in [0.15, 0.2) is 12.2 Å². The highest BCUT2D eigenvalue weighted by atomic mass is 16.6. The van der Waals surface area contributed by atoms with Crippen LogP contribution in [0.3, 0.4) is 0 Å². The number of esters is 1. The van der Waals surface area contributed by atoms with E-state index in [9.17, 15) is 24.5 Å². The van der Waals surface area contributed by atoms with Gasteiger partial charge < -0.3 is 19.2 Å². The van der Waals surface area contributed by atoms with E-state index >= 15 is 0 Å². The van der Waals surface area contributed by atoms with Crippen molar-refractivity contribution in [3.63, 3.8) is 0 Å². The number of nitro groups is 1. The van der Waals surface area contributed by atoms with E-state index in [2.05, 4.69) is 5.32 Å². The van der Waals surface area contributed by atoms with Crippen LogP contribution in [0.5, 0.6) is 11.5 Å². The molecule has 0 atom stereocenters. The fraction of sp³-hybridized carbons (Fsp3) is 0.0870. The maximum atomic E-state index is 12.1. The van der Waals surface area contributed by atoms with E-state index in [1.807, 2.05) is 30.3 Å². The van der Waals surface area contributed by atoms with Crippen LogP contribution in [0.1, 0.15) is 0 Å². The van der Waals surface area contributed by atoms with Crippen LogP contribution in [0.25, 0.3) is 11.1 Å². The lowest BCUT2D eigenvalue weighted by atomic mass is 10.3. The number of fused-ring (bicyclic) bond motifs is 1. The third-order valence-electron chi connectivity index (χ3n) is 4.63. The second kappa shape index (κ2) is 9.69. The first-order chi connectivity index (χ1) is 16.4. The summed E-state index contributed by atoms with van der Waals surface area (Å²) in [5.41, 5.74) is 0.367. The highest BCUT2D eigenvalue weighted by Crippen LogP contribution is 2.23. The Labute approximate surface area is 191 Å². The van der Waals surface area contributed by atoms with Gasteiger partial charge in [0.2, 0.25) is 0 Å². The fourth-order valence-corrected chi connectivity index (χ4v) is 3.07. The van der Waals surface area contributed by atoms with Crippen LogP contribution in [0.2, 0.25) is 0 Å². The van der Waals surface area contributed by atoms with Crippen LogP contribution in [-0.4, -0.2) is 28.0 Å². The highest BCUT2D eigenvalue weighted by Gasteiger charge is 2.17. The number of nitro benzene ring substituents is 1. The summed E-state index contributed by atoms with van der Waals surface area (Å²) in [6.45, 7) is -1.10. The topological polar surface area (TPSA) is 143 Å². The van der Waals surface area contributed by atoms with Gasteiger partial charge in [0, 0.05) is 11.8 Å². The van der Waals surface area contributed by atoms with Gasteiger partial charge in [-0.1, -0.05) is 18.2 Å². The lowest BCUT2D eigenvalue weighted by Gasteiger charge is -2.09. The molecule has 1 N–H and O–H groups in total. The highest BCUT2D eigenvalue weighted by molar-refractivity contribution is 5.92. The molecule has 0 radical (unpaired) electrons. The first-order valence-electron chi connectivity index (χ1n) is 9.95. The van der Waals surface area contributed by atoms with Gasteiger partial charge in [-0.05, 0) is 42.5 Å². The Morgan fingerprint density at radius 1 is 1.00 bits per heavy atom. The Morgan fingerprint density at radius 2 is 1.71 bits per heavy atom. The van der Waals surface area contributed by atoms with Gasteiger partial charge in [-0.25, -0.2) is 4.79 Å². The van der Waals surface area contributed by atoms with Gasteiger partial charge in [-0.15, -0.1) is 0 Å². The molecule has 0 aliphatic heterocycles. The Balaban J connectivity index is 1.30. The molecule has 0 saturated carbocycles.